The first-order valence-corrected chi connectivity index (χ1v) is 6.80. The highest BCUT2D eigenvalue weighted by Gasteiger charge is 2.28. The predicted octanol–water partition coefficient (Wildman–Crippen LogP) is 2.33. The molecule has 84 valence electrons. The first-order valence-electron chi connectivity index (χ1n) is 5.27. The summed E-state index contributed by atoms with van der Waals surface area (Å²) in [6.07, 6.45) is 3.06. The van der Waals surface area contributed by atoms with Crippen LogP contribution < -0.4 is 5.32 Å². The molecule has 1 aliphatic heterocycles. The van der Waals surface area contributed by atoms with E-state index in [2.05, 4.69) is 27.9 Å². The Morgan fingerprint density at radius 3 is 2.69 bits per heavy atom. The molecular weight excluding hydrogens is 317 g/mol. The van der Waals surface area contributed by atoms with Crippen LogP contribution in [0.15, 0.2) is 18.2 Å². The van der Waals surface area contributed by atoms with Crippen molar-refractivity contribution in [3.8, 4) is 0 Å². The van der Waals surface area contributed by atoms with Gasteiger partial charge in [0.15, 0.2) is 0 Å². The molecule has 0 spiro atoms. The molecule has 1 aliphatic rings. The highest BCUT2D eigenvalue weighted by molar-refractivity contribution is 14.1. The fourth-order valence-electron chi connectivity index (χ4n) is 1.91. The lowest BCUT2D eigenvalue weighted by Crippen LogP contribution is -2.20. The topological polar surface area (TPSA) is 46.2 Å². The van der Waals surface area contributed by atoms with E-state index in [-0.39, 0.29) is 11.8 Å². The normalized spacial score (nSPS) is 13.8. The van der Waals surface area contributed by atoms with Crippen LogP contribution in [-0.4, -0.2) is 16.2 Å². The molecule has 0 unspecified atom stereocenters. The van der Waals surface area contributed by atoms with E-state index in [1.165, 1.54) is 0 Å². The van der Waals surface area contributed by atoms with Gasteiger partial charge in [-0.15, -0.1) is 0 Å². The number of rotatable bonds is 4. The molecule has 1 aromatic carbocycles. The summed E-state index contributed by atoms with van der Waals surface area (Å²) in [7, 11) is 0. The minimum atomic E-state index is -0.268. The molecule has 3 nitrogen and oxygen atoms in total. The third kappa shape index (κ3) is 2.11. The Bertz CT molecular complexity index is 443. The largest absolute Gasteiger partial charge is 0.288 e. The molecule has 2 rings (SSSR count). The first kappa shape index (κ1) is 11.6. The van der Waals surface area contributed by atoms with Crippen molar-refractivity contribution in [3.05, 3.63) is 34.9 Å². The van der Waals surface area contributed by atoms with E-state index in [0.29, 0.717) is 11.1 Å². The summed E-state index contributed by atoms with van der Waals surface area (Å²) in [5.74, 6) is -0.513. The molecule has 1 heterocycles. The molecule has 1 N–H and O–H groups in total. The number of carbonyl (C=O) groups excluding carboxylic acids is 2. The molecule has 0 radical (unpaired) electrons. The van der Waals surface area contributed by atoms with Gasteiger partial charge in [0.1, 0.15) is 0 Å². The lowest BCUT2D eigenvalue weighted by Gasteiger charge is -2.04. The highest BCUT2D eigenvalue weighted by atomic mass is 127. The Balaban J connectivity index is 2.27. The summed E-state index contributed by atoms with van der Waals surface area (Å²) < 4.78 is 1.12. The predicted molar refractivity (Wildman–Crippen MR) is 70.1 cm³/mol. The quantitative estimate of drug-likeness (QED) is 0.399. The Morgan fingerprint density at radius 1 is 1.12 bits per heavy atom. The minimum absolute atomic E-state index is 0.245. The number of imide groups is 1. The minimum Gasteiger partial charge on any atom is -0.288 e. The van der Waals surface area contributed by atoms with E-state index >= 15 is 0 Å². The van der Waals surface area contributed by atoms with Crippen molar-refractivity contribution in [2.24, 2.45) is 0 Å². The number of halogens is 1. The standard InChI is InChI=1S/C12H12INO2/c13-7-2-1-4-8-5-3-6-9-10(8)12(16)14-11(9)15/h3,5-6H,1-2,4,7H2,(H,14,15,16). The van der Waals surface area contributed by atoms with Gasteiger partial charge in [0, 0.05) is 0 Å². The summed E-state index contributed by atoms with van der Waals surface area (Å²) in [4.78, 5) is 23.0. The Kier molecular flexibility index (Phi) is 3.58. The smallest absolute Gasteiger partial charge is 0.259 e. The number of amides is 2. The van der Waals surface area contributed by atoms with E-state index in [0.717, 1.165) is 29.3 Å². The summed E-state index contributed by atoms with van der Waals surface area (Å²) in [6.45, 7) is 0. The summed E-state index contributed by atoms with van der Waals surface area (Å²) in [5.41, 5.74) is 2.10. The zero-order valence-electron chi connectivity index (χ0n) is 8.75. The Labute approximate surface area is 108 Å². The Morgan fingerprint density at radius 2 is 1.94 bits per heavy atom. The molecule has 0 saturated heterocycles. The second-order valence-electron chi connectivity index (χ2n) is 3.77. The van der Waals surface area contributed by atoms with Crippen molar-refractivity contribution in [3.63, 3.8) is 0 Å². The molecule has 1 aromatic rings. The maximum absolute atomic E-state index is 11.6. The average Bonchev–Trinajstić information content (AvgIpc) is 2.56. The van der Waals surface area contributed by atoms with Crippen molar-refractivity contribution in [2.75, 3.05) is 4.43 Å². The molecule has 4 heteroatoms. The SMILES string of the molecule is O=C1NC(=O)c2c(CCCCI)cccc21. The molecule has 0 bridgehead atoms. The van der Waals surface area contributed by atoms with E-state index in [9.17, 15) is 9.59 Å². The summed E-state index contributed by atoms with van der Waals surface area (Å²) in [6, 6.07) is 5.48. The van der Waals surface area contributed by atoms with Crippen LogP contribution in [0.4, 0.5) is 0 Å². The molecule has 16 heavy (non-hydrogen) atoms. The lowest BCUT2D eigenvalue weighted by molar-refractivity contribution is 0.0879. The van der Waals surface area contributed by atoms with Gasteiger partial charge in [0.2, 0.25) is 0 Å². The third-order valence-electron chi connectivity index (χ3n) is 2.68. The van der Waals surface area contributed by atoms with Crippen LogP contribution in [0.2, 0.25) is 0 Å². The number of unbranched alkanes of at least 4 members (excludes halogenated alkanes) is 1. The number of alkyl halides is 1. The number of aryl methyl sites for hydroxylation is 1. The monoisotopic (exact) mass is 329 g/mol. The fraction of sp³-hybridized carbons (Fsp3) is 0.333. The number of hydrogen-bond acceptors (Lipinski definition) is 2. The number of benzene rings is 1. The van der Waals surface area contributed by atoms with Crippen molar-refractivity contribution in [1.82, 2.24) is 5.32 Å². The zero-order valence-corrected chi connectivity index (χ0v) is 10.9. The number of hydrogen-bond donors (Lipinski definition) is 1. The van der Waals surface area contributed by atoms with Gasteiger partial charge >= 0.3 is 0 Å². The van der Waals surface area contributed by atoms with E-state index < -0.39 is 0 Å². The lowest BCUT2D eigenvalue weighted by atomic mass is 9.98. The van der Waals surface area contributed by atoms with Crippen molar-refractivity contribution < 1.29 is 9.59 Å². The second-order valence-corrected chi connectivity index (χ2v) is 4.85. The zero-order chi connectivity index (χ0) is 11.5. The molecule has 0 aliphatic carbocycles. The van der Waals surface area contributed by atoms with Gasteiger partial charge < -0.3 is 0 Å². The third-order valence-corrected chi connectivity index (χ3v) is 3.44. The van der Waals surface area contributed by atoms with Gasteiger partial charge in [-0.1, -0.05) is 34.7 Å². The number of fused-ring (bicyclic) bond motifs is 1. The highest BCUT2D eigenvalue weighted by Crippen LogP contribution is 2.21. The maximum Gasteiger partial charge on any atom is 0.259 e. The van der Waals surface area contributed by atoms with E-state index in [1.807, 2.05) is 12.1 Å². The first-order chi connectivity index (χ1) is 7.74. The number of nitrogens with one attached hydrogen (secondary N) is 1. The van der Waals surface area contributed by atoms with Crippen molar-refractivity contribution in [1.29, 1.82) is 0 Å². The van der Waals surface area contributed by atoms with Crippen LogP contribution in [0.1, 0.15) is 39.1 Å². The van der Waals surface area contributed by atoms with E-state index in [1.54, 1.807) is 6.07 Å². The molecule has 0 aromatic heterocycles. The van der Waals surface area contributed by atoms with Gasteiger partial charge in [-0.2, -0.15) is 0 Å². The van der Waals surface area contributed by atoms with Crippen molar-refractivity contribution in [2.45, 2.75) is 19.3 Å². The van der Waals surface area contributed by atoms with Crippen LogP contribution in [0.5, 0.6) is 0 Å². The van der Waals surface area contributed by atoms with Gasteiger partial charge in [0.05, 0.1) is 11.1 Å². The van der Waals surface area contributed by atoms with Crippen LogP contribution in [0.25, 0.3) is 0 Å². The van der Waals surface area contributed by atoms with Crippen molar-refractivity contribution >= 4 is 34.4 Å². The summed E-state index contributed by atoms with van der Waals surface area (Å²) in [5, 5.41) is 2.33. The average molecular weight is 329 g/mol. The number of carbonyl (C=O) groups is 2. The molecule has 0 atom stereocenters. The molecule has 2 amide bonds. The Hall–Kier alpha value is -0.910. The van der Waals surface area contributed by atoms with Gasteiger partial charge in [-0.3, -0.25) is 14.9 Å². The van der Waals surface area contributed by atoms with Crippen LogP contribution in [0, 0.1) is 0 Å². The molecule has 0 saturated carbocycles. The van der Waals surface area contributed by atoms with Gasteiger partial charge in [-0.05, 0) is 35.3 Å². The van der Waals surface area contributed by atoms with Gasteiger partial charge in [-0.25, -0.2) is 0 Å². The van der Waals surface area contributed by atoms with Crippen LogP contribution >= 0.6 is 22.6 Å². The molecular formula is C12H12INO2. The van der Waals surface area contributed by atoms with Gasteiger partial charge in [0.25, 0.3) is 11.8 Å². The van der Waals surface area contributed by atoms with Crippen LogP contribution in [-0.2, 0) is 6.42 Å². The van der Waals surface area contributed by atoms with E-state index in [4.69, 9.17) is 0 Å². The summed E-state index contributed by atoms with van der Waals surface area (Å²) >= 11 is 2.34. The maximum atomic E-state index is 11.6. The second kappa shape index (κ2) is 4.95. The fourth-order valence-corrected chi connectivity index (χ4v) is 2.45. The molecule has 0 fully saturated rings. The van der Waals surface area contributed by atoms with Crippen LogP contribution in [0.3, 0.4) is 0 Å².